The van der Waals surface area contributed by atoms with Gasteiger partial charge in [-0.25, -0.2) is 0 Å². The molecule has 1 saturated heterocycles. The Morgan fingerprint density at radius 1 is 1.39 bits per heavy atom. The summed E-state index contributed by atoms with van der Waals surface area (Å²) in [4.78, 5) is 2.23. The van der Waals surface area contributed by atoms with Gasteiger partial charge in [0.2, 0.25) is 0 Å². The summed E-state index contributed by atoms with van der Waals surface area (Å²) in [5, 5.41) is 10.1. The zero-order valence-corrected chi connectivity index (χ0v) is 10.8. The Balaban J connectivity index is 1.77. The van der Waals surface area contributed by atoms with E-state index in [1.165, 1.54) is 0 Å². The minimum Gasteiger partial charge on any atom is -0.387 e. The molecule has 1 aliphatic heterocycles. The van der Waals surface area contributed by atoms with Gasteiger partial charge in [-0.15, -0.1) is 0 Å². The maximum atomic E-state index is 10.1. The molecule has 2 rings (SSSR count). The molecular formula is C14H21NO3. The highest BCUT2D eigenvalue weighted by Gasteiger charge is 2.24. The topological polar surface area (TPSA) is 41.9 Å². The van der Waals surface area contributed by atoms with Crippen LogP contribution in [0.25, 0.3) is 0 Å². The summed E-state index contributed by atoms with van der Waals surface area (Å²) >= 11 is 0. The molecule has 0 amide bonds. The van der Waals surface area contributed by atoms with Crippen molar-refractivity contribution in [2.24, 2.45) is 0 Å². The van der Waals surface area contributed by atoms with Crippen LogP contribution in [0.3, 0.4) is 0 Å². The Bertz CT molecular complexity index is 344. The standard InChI is InChI=1S/C14H21NO3/c1-17-11-18-13-7-8-15(9-13)10-14(16)12-5-3-2-4-6-12/h2-6,13-14,16H,7-11H2,1H3/t13-,14-/m0/s1. The molecule has 4 heteroatoms. The van der Waals surface area contributed by atoms with Crippen molar-refractivity contribution in [2.75, 3.05) is 33.5 Å². The van der Waals surface area contributed by atoms with E-state index in [1.807, 2.05) is 30.3 Å². The number of hydrogen-bond acceptors (Lipinski definition) is 4. The summed E-state index contributed by atoms with van der Waals surface area (Å²) in [6.07, 6.45) is 0.811. The van der Waals surface area contributed by atoms with Crippen LogP contribution in [-0.2, 0) is 9.47 Å². The second-order valence-corrected chi connectivity index (χ2v) is 4.67. The van der Waals surface area contributed by atoms with Crippen molar-refractivity contribution < 1.29 is 14.6 Å². The predicted molar refractivity (Wildman–Crippen MR) is 69.2 cm³/mol. The first-order chi connectivity index (χ1) is 8.79. The number of methoxy groups -OCH3 is 1. The number of hydrogen-bond donors (Lipinski definition) is 1. The summed E-state index contributed by atoms with van der Waals surface area (Å²) in [5.41, 5.74) is 0.971. The molecule has 0 aliphatic carbocycles. The van der Waals surface area contributed by atoms with E-state index in [9.17, 15) is 5.11 Å². The summed E-state index contributed by atoms with van der Waals surface area (Å²) in [7, 11) is 1.63. The third-order valence-electron chi connectivity index (χ3n) is 3.27. The highest BCUT2D eigenvalue weighted by atomic mass is 16.7. The van der Waals surface area contributed by atoms with Crippen molar-refractivity contribution in [1.82, 2.24) is 4.90 Å². The van der Waals surface area contributed by atoms with Crippen LogP contribution >= 0.6 is 0 Å². The zero-order chi connectivity index (χ0) is 12.8. The van der Waals surface area contributed by atoms with Crippen molar-refractivity contribution in [3.05, 3.63) is 35.9 Å². The van der Waals surface area contributed by atoms with Crippen LogP contribution in [0.5, 0.6) is 0 Å². The van der Waals surface area contributed by atoms with Gasteiger partial charge in [0.25, 0.3) is 0 Å². The van der Waals surface area contributed by atoms with Gasteiger partial charge in [0.1, 0.15) is 6.79 Å². The second kappa shape index (κ2) is 6.85. The Morgan fingerprint density at radius 2 is 2.17 bits per heavy atom. The molecule has 1 aliphatic rings. The molecule has 0 saturated carbocycles. The van der Waals surface area contributed by atoms with E-state index in [4.69, 9.17) is 9.47 Å². The average Bonchev–Trinajstić information content (AvgIpc) is 2.85. The quantitative estimate of drug-likeness (QED) is 0.776. The fraction of sp³-hybridized carbons (Fsp3) is 0.571. The molecule has 1 aromatic rings. The molecule has 0 unspecified atom stereocenters. The fourth-order valence-electron chi connectivity index (χ4n) is 2.29. The Labute approximate surface area is 108 Å². The van der Waals surface area contributed by atoms with Crippen LogP contribution in [0.2, 0.25) is 0 Å². The molecule has 1 heterocycles. The van der Waals surface area contributed by atoms with Gasteiger partial charge in [-0.2, -0.15) is 0 Å². The van der Waals surface area contributed by atoms with Gasteiger partial charge in [-0.3, -0.25) is 4.90 Å². The molecule has 2 atom stereocenters. The van der Waals surface area contributed by atoms with Gasteiger partial charge >= 0.3 is 0 Å². The lowest BCUT2D eigenvalue weighted by molar-refractivity contribution is -0.0676. The van der Waals surface area contributed by atoms with Crippen LogP contribution in [-0.4, -0.2) is 49.6 Å². The number of rotatable bonds is 6. The molecular weight excluding hydrogens is 230 g/mol. The van der Waals surface area contributed by atoms with E-state index < -0.39 is 6.10 Å². The van der Waals surface area contributed by atoms with Crippen molar-refractivity contribution in [1.29, 1.82) is 0 Å². The Hall–Kier alpha value is -0.940. The predicted octanol–water partition coefficient (Wildman–Crippen LogP) is 1.41. The van der Waals surface area contributed by atoms with E-state index in [0.717, 1.165) is 25.1 Å². The first-order valence-corrected chi connectivity index (χ1v) is 6.35. The maximum Gasteiger partial charge on any atom is 0.146 e. The first-order valence-electron chi connectivity index (χ1n) is 6.35. The number of nitrogens with zero attached hydrogens (tertiary/aromatic N) is 1. The Morgan fingerprint density at radius 3 is 2.89 bits per heavy atom. The lowest BCUT2D eigenvalue weighted by Gasteiger charge is -2.20. The normalized spacial score (nSPS) is 22.2. The third kappa shape index (κ3) is 3.78. The van der Waals surface area contributed by atoms with E-state index in [1.54, 1.807) is 7.11 Å². The highest BCUT2D eigenvalue weighted by molar-refractivity contribution is 5.17. The minimum atomic E-state index is -0.424. The summed E-state index contributed by atoms with van der Waals surface area (Å²) in [6.45, 7) is 2.85. The van der Waals surface area contributed by atoms with Gasteiger partial charge in [0, 0.05) is 26.7 Å². The van der Waals surface area contributed by atoms with Crippen molar-refractivity contribution in [3.8, 4) is 0 Å². The molecule has 4 nitrogen and oxygen atoms in total. The smallest absolute Gasteiger partial charge is 0.146 e. The third-order valence-corrected chi connectivity index (χ3v) is 3.27. The number of benzene rings is 1. The molecule has 0 aromatic heterocycles. The van der Waals surface area contributed by atoms with Crippen LogP contribution in [0.4, 0.5) is 0 Å². The first kappa shape index (κ1) is 13.5. The van der Waals surface area contributed by atoms with Gasteiger partial charge in [0.05, 0.1) is 12.2 Å². The number of aliphatic hydroxyl groups is 1. The SMILES string of the molecule is COCO[C@H]1CCN(C[C@H](O)c2ccccc2)C1. The summed E-state index contributed by atoms with van der Waals surface area (Å²) < 4.78 is 10.4. The number of ether oxygens (including phenoxy) is 2. The molecule has 0 spiro atoms. The molecule has 1 N–H and O–H groups in total. The molecule has 1 aromatic carbocycles. The van der Waals surface area contributed by atoms with Gasteiger partial charge < -0.3 is 14.6 Å². The van der Waals surface area contributed by atoms with E-state index in [2.05, 4.69) is 4.90 Å². The van der Waals surface area contributed by atoms with Crippen LogP contribution in [0.15, 0.2) is 30.3 Å². The molecule has 1 fully saturated rings. The summed E-state index contributed by atoms with van der Waals surface area (Å²) in [6, 6.07) is 9.78. The monoisotopic (exact) mass is 251 g/mol. The van der Waals surface area contributed by atoms with Crippen molar-refractivity contribution in [3.63, 3.8) is 0 Å². The zero-order valence-electron chi connectivity index (χ0n) is 10.8. The lowest BCUT2D eigenvalue weighted by Crippen LogP contribution is -2.28. The second-order valence-electron chi connectivity index (χ2n) is 4.67. The van der Waals surface area contributed by atoms with E-state index in [-0.39, 0.29) is 6.10 Å². The molecule has 0 radical (unpaired) electrons. The van der Waals surface area contributed by atoms with Crippen molar-refractivity contribution in [2.45, 2.75) is 18.6 Å². The van der Waals surface area contributed by atoms with Crippen LogP contribution in [0.1, 0.15) is 18.1 Å². The lowest BCUT2D eigenvalue weighted by atomic mass is 10.1. The minimum absolute atomic E-state index is 0.230. The van der Waals surface area contributed by atoms with Gasteiger partial charge in [-0.1, -0.05) is 30.3 Å². The highest BCUT2D eigenvalue weighted by Crippen LogP contribution is 2.18. The van der Waals surface area contributed by atoms with E-state index >= 15 is 0 Å². The molecule has 0 bridgehead atoms. The van der Waals surface area contributed by atoms with Crippen molar-refractivity contribution >= 4 is 0 Å². The average molecular weight is 251 g/mol. The summed E-state index contributed by atoms with van der Waals surface area (Å²) in [5.74, 6) is 0. The van der Waals surface area contributed by atoms with E-state index in [0.29, 0.717) is 13.3 Å². The number of aliphatic hydroxyl groups excluding tert-OH is 1. The largest absolute Gasteiger partial charge is 0.387 e. The molecule has 100 valence electrons. The Kier molecular flexibility index (Phi) is 5.13. The van der Waals surface area contributed by atoms with Crippen LogP contribution < -0.4 is 0 Å². The van der Waals surface area contributed by atoms with Gasteiger partial charge in [-0.05, 0) is 12.0 Å². The fourth-order valence-corrected chi connectivity index (χ4v) is 2.29. The molecule has 18 heavy (non-hydrogen) atoms. The van der Waals surface area contributed by atoms with Gasteiger partial charge in [0.15, 0.2) is 0 Å². The maximum absolute atomic E-state index is 10.1. The number of likely N-dealkylation sites (tertiary alicyclic amines) is 1. The number of β-amino-alcohol motifs (C(OH)–C–C–N with tert-alkyl or cyclic N) is 1. The van der Waals surface area contributed by atoms with Crippen LogP contribution in [0, 0.1) is 0 Å².